The van der Waals surface area contributed by atoms with E-state index in [1.54, 1.807) is 6.07 Å². The van der Waals surface area contributed by atoms with Crippen LogP contribution >= 0.6 is 0 Å². The Kier molecular flexibility index (Phi) is 4.22. The molecule has 0 spiro atoms. The zero-order chi connectivity index (χ0) is 15.5. The molecule has 2 rings (SSSR count). The van der Waals surface area contributed by atoms with Crippen molar-refractivity contribution in [3.63, 3.8) is 0 Å². The maximum atomic E-state index is 13.4. The molecule has 1 amide bonds. The minimum atomic E-state index is -1.04. The highest BCUT2D eigenvalue weighted by molar-refractivity contribution is 5.95. The van der Waals surface area contributed by atoms with Gasteiger partial charge in [0.05, 0.1) is 11.1 Å². The smallest absolute Gasteiger partial charge is 0.310 e. The summed E-state index contributed by atoms with van der Waals surface area (Å²) in [6.07, 6.45) is 2.32. The Morgan fingerprint density at radius 1 is 1.38 bits per heavy atom. The van der Waals surface area contributed by atoms with Gasteiger partial charge in [-0.1, -0.05) is 18.9 Å². The van der Waals surface area contributed by atoms with Gasteiger partial charge in [-0.2, -0.15) is 5.26 Å². The summed E-state index contributed by atoms with van der Waals surface area (Å²) in [5.41, 5.74) is -1.22. The number of benzene rings is 1. The lowest BCUT2D eigenvalue weighted by Gasteiger charge is -2.23. The predicted molar refractivity (Wildman–Crippen MR) is 72.9 cm³/mol. The van der Waals surface area contributed by atoms with Crippen LogP contribution in [0.5, 0.6) is 0 Å². The van der Waals surface area contributed by atoms with E-state index in [9.17, 15) is 19.1 Å². The highest BCUT2D eigenvalue weighted by Gasteiger charge is 2.43. The summed E-state index contributed by atoms with van der Waals surface area (Å²) in [5.74, 6) is -2.21. The molecule has 110 valence electrons. The largest absolute Gasteiger partial charge is 0.481 e. The van der Waals surface area contributed by atoms with Crippen LogP contribution in [-0.4, -0.2) is 17.0 Å². The number of carboxylic acid groups (broad SMARTS) is 1. The molecule has 21 heavy (non-hydrogen) atoms. The molecule has 6 heteroatoms. The van der Waals surface area contributed by atoms with Crippen molar-refractivity contribution in [2.75, 3.05) is 5.32 Å². The zero-order valence-electron chi connectivity index (χ0n) is 11.4. The Morgan fingerprint density at radius 3 is 2.62 bits per heavy atom. The van der Waals surface area contributed by atoms with Crippen LogP contribution in [0.3, 0.4) is 0 Å². The number of carboxylic acids is 1. The monoisotopic (exact) mass is 290 g/mol. The average molecular weight is 290 g/mol. The van der Waals surface area contributed by atoms with Crippen molar-refractivity contribution < 1.29 is 19.1 Å². The third kappa shape index (κ3) is 3.02. The van der Waals surface area contributed by atoms with Crippen LogP contribution < -0.4 is 5.32 Å². The first-order chi connectivity index (χ1) is 9.98. The lowest BCUT2D eigenvalue weighted by molar-refractivity contribution is -0.150. The third-order valence-corrected chi connectivity index (χ3v) is 3.91. The molecule has 0 unspecified atom stereocenters. The molecule has 1 aliphatic carbocycles. The van der Waals surface area contributed by atoms with Gasteiger partial charge in [-0.15, -0.1) is 0 Å². The molecule has 0 aliphatic heterocycles. The molecule has 1 aromatic carbocycles. The van der Waals surface area contributed by atoms with Crippen molar-refractivity contribution in [3.05, 3.63) is 29.6 Å². The van der Waals surface area contributed by atoms with Crippen LogP contribution in [0.4, 0.5) is 10.1 Å². The van der Waals surface area contributed by atoms with Gasteiger partial charge in [-0.3, -0.25) is 9.59 Å². The molecule has 1 saturated carbocycles. The summed E-state index contributed by atoms with van der Waals surface area (Å²) in [5, 5.41) is 20.7. The number of hydrogen-bond donors (Lipinski definition) is 2. The summed E-state index contributed by atoms with van der Waals surface area (Å²) < 4.78 is 13.4. The molecule has 0 saturated heterocycles. The maximum Gasteiger partial charge on any atom is 0.310 e. The first-order valence-electron chi connectivity index (χ1n) is 6.70. The minimum Gasteiger partial charge on any atom is -0.481 e. The molecule has 5 nitrogen and oxygen atoms in total. The normalized spacial score (nSPS) is 16.2. The van der Waals surface area contributed by atoms with Crippen molar-refractivity contribution in [1.82, 2.24) is 0 Å². The molecule has 2 N–H and O–H groups in total. The topological polar surface area (TPSA) is 90.2 Å². The number of nitrogens with one attached hydrogen (secondary N) is 1. The second-order valence-corrected chi connectivity index (χ2v) is 5.29. The number of carbonyl (C=O) groups is 2. The Balaban J connectivity index is 2.14. The lowest BCUT2D eigenvalue weighted by Crippen LogP contribution is -2.32. The van der Waals surface area contributed by atoms with Crippen molar-refractivity contribution in [2.45, 2.75) is 32.1 Å². The molecular weight excluding hydrogens is 275 g/mol. The number of rotatable bonds is 4. The molecule has 0 atom stereocenters. The van der Waals surface area contributed by atoms with E-state index in [4.69, 9.17) is 5.26 Å². The molecule has 1 fully saturated rings. The summed E-state index contributed by atoms with van der Waals surface area (Å²) in [4.78, 5) is 23.4. The van der Waals surface area contributed by atoms with E-state index in [1.165, 1.54) is 12.1 Å². The fraction of sp³-hybridized carbons (Fsp3) is 0.400. The standard InChI is InChI=1S/C15H15FN2O3/c16-11-4-3-5-12(10(11)9-17)18-13(19)8-15(14(20)21)6-1-2-7-15/h3-5H,1-2,6-8H2,(H,18,19)(H,20,21). The van der Waals surface area contributed by atoms with Crippen LogP contribution in [0, 0.1) is 22.6 Å². The average Bonchev–Trinajstić information content (AvgIpc) is 2.88. The quantitative estimate of drug-likeness (QED) is 0.892. The number of halogens is 1. The van der Waals surface area contributed by atoms with Crippen molar-refractivity contribution >= 4 is 17.6 Å². The Bertz CT molecular complexity index is 616. The fourth-order valence-electron chi connectivity index (χ4n) is 2.76. The lowest BCUT2D eigenvalue weighted by atomic mass is 9.82. The van der Waals surface area contributed by atoms with Gasteiger partial charge >= 0.3 is 5.97 Å². The maximum absolute atomic E-state index is 13.4. The molecule has 0 radical (unpaired) electrons. The molecule has 1 aliphatic rings. The second kappa shape index (κ2) is 5.92. The highest BCUT2D eigenvalue weighted by Crippen LogP contribution is 2.41. The molecule has 0 aromatic heterocycles. The number of amides is 1. The summed E-state index contributed by atoms with van der Waals surface area (Å²) in [7, 11) is 0. The Hall–Kier alpha value is -2.42. The summed E-state index contributed by atoms with van der Waals surface area (Å²) >= 11 is 0. The predicted octanol–water partition coefficient (Wildman–Crippen LogP) is 2.67. The summed E-state index contributed by atoms with van der Waals surface area (Å²) in [6.45, 7) is 0. The van der Waals surface area contributed by atoms with Crippen LogP contribution in [-0.2, 0) is 9.59 Å². The van der Waals surface area contributed by atoms with E-state index in [0.29, 0.717) is 12.8 Å². The van der Waals surface area contributed by atoms with Crippen LogP contribution in [0.25, 0.3) is 0 Å². The molecule has 0 heterocycles. The van der Waals surface area contributed by atoms with Gasteiger partial charge in [0.2, 0.25) is 5.91 Å². The molecule has 1 aromatic rings. The van der Waals surface area contributed by atoms with Gasteiger partial charge in [0.15, 0.2) is 0 Å². The van der Waals surface area contributed by atoms with E-state index < -0.39 is 23.1 Å². The highest BCUT2D eigenvalue weighted by atomic mass is 19.1. The van der Waals surface area contributed by atoms with E-state index in [2.05, 4.69) is 5.32 Å². The molecule has 0 bridgehead atoms. The van der Waals surface area contributed by atoms with Crippen molar-refractivity contribution in [2.24, 2.45) is 5.41 Å². The second-order valence-electron chi connectivity index (χ2n) is 5.29. The van der Waals surface area contributed by atoms with E-state index >= 15 is 0 Å². The van der Waals surface area contributed by atoms with Gasteiger partial charge in [-0.25, -0.2) is 4.39 Å². The van der Waals surface area contributed by atoms with Crippen LogP contribution in [0.15, 0.2) is 18.2 Å². The van der Waals surface area contributed by atoms with Crippen molar-refractivity contribution in [3.8, 4) is 6.07 Å². The van der Waals surface area contributed by atoms with E-state index in [1.807, 2.05) is 0 Å². The van der Waals surface area contributed by atoms with Gasteiger partial charge in [0.25, 0.3) is 0 Å². The van der Waals surface area contributed by atoms with Crippen LogP contribution in [0.2, 0.25) is 0 Å². The summed E-state index contributed by atoms with van der Waals surface area (Å²) in [6, 6.07) is 5.62. The van der Waals surface area contributed by atoms with E-state index in [0.717, 1.165) is 18.9 Å². The molecular formula is C15H15FN2O3. The Morgan fingerprint density at radius 2 is 2.05 bits per heavy atom. The van der Waals surface area contributed by atoms with Gasteiger partial charge < -0.3 is 10.4 Å². The number of carbonyl (C=O) groups excluding carboxylic acids is 1. The van der Waals surface area contributed by atoms with Crippen LogP contribution in [0.1, 0.15) is 37.7 Å². The number of aliphatic carboxylic acids is 1. The number of nitrogens with zero attached hydrogens (tertiary/aromatic N) is 1. The van der Waals surface area contributed by atoms with Crippen molar-refractivity contribution in [1.29, 1.82) is 5.26 Å². The first-order valence-corrected chi connectivity index (χ1v) is 6.70. The van der Waals surface area contributed by atoms with E-state index in [-0.39, 0.29) is 17.7 Å². The number of hydrogen-bond acceptors (Lipinski definition) is 3. The third-order valence-electron chi connectivity index (χ3n) is 3.91. The first kappa shape index (κ1) is 15.0. The number of nitriles is 1. The van der Waals surface area contributed by atoms with Gasteiger partial charge in [0, 0.05) is 6.42 Å². The fourth-order valence-corrected chi connectivity index (χ4v) is 2.76. The zero-order valence-corrected chi connectivity index (χ0v) is 11.4. The Labute approximate surface area is 121 Å². The minimum absolute atomic E-state index is 0.0704. The SMILES string of the molecule is N#Cc1c(F)cccc1NC(=O)CC1(C(=O)O)CCCC1. The number of anilines is 1. The van der Waals surface area contributed by atoms with Gasteiger partial charge in [-0.05, 0) is 25.0 Å². The van der Waals surface area contributed by atoms with Gasteiger partial charge in [0.1, 0.15) is 17.4 Å².